The summed E-state index contributed by atoms with van der Waals surface area (Å²) in [6.07, 6.45) is 0. The molecule has 0 aliphatic carbocycles. The molecule has 0 saturated heterocycles. The normalized spacial score (nSPS) is 4.75. The summed E-state index contributed by atoms with van der Waals surface area (Å²) in [6.45, 7) is 3.59. The first-order chi connectivity index (χ1) is 2.27. The van der Waals surface area contributed by atoms with Gasteiger partial charge in [-0.1, -0.05) is 0 Å². The average Bonchev–Trinajstić information content (AvgIpc) is 1.38. The quantitative estimate of drug-likeness (QED) is 0.496. The molecule has 0 nitrogen and oxygen atoms in total. The van der Waals surface area contributed by atoms with E-state index >= 15 is 0 Å². The zero-order valence-corrected chi connectivity index (χ0v) is 13.0. The molecule has 0 heterocycles. The molecule has 0 spiro atoms. The molecule has 0 unspecified atom stereocenters. The molecule has 0 aliphatic rings. The molecular formula is C3H7Br4Te. The third-order valence-electron chi connectivity index (χ3n) is 0.157. The molecular weight excluding hydrogens is 483 g/mol. The Morgan fingerprint density at radius 3 is 1.50 bits per heavy atom. The van der Waals surface area contributed by atoms with Crippen LogP contribution in [-0.2, 0) is 0 Å². The summed E-state index contributed by atoms with van der Waals surface area (Å²) in [4.78, 5) is 0. The molecule has 0 aromatic rings. The maximum absolute atomic E-state index is 3.59. The van der Waals surface area contributed by atoms with Crippen LogP contribution in [0.25, 0.3) is 0 Å². The average molecular weight is 490 g/mol. The van der Waals surface area contributed by atoms with Crippen LogP contribution in [0.15, 0.2) is 11.1 Å². The molecule has 53 valence electrons. The molecule has 1 radical (unpaired) electrons. The SMILES string of the molecule is Br.Br.Br.C=C(Br)C[Te]. The molecule has 0 fully saturated rings. The van der Waals surface area contributed by atoms with Crippen molar-refractivity contribution in [3.8, 4) is 0 Å². The van der Waals surface area contributed by atoms with E-state index < -0.39 is 0 Å². The van der Waals surface area contributed by atoms with Gasteiger partial charge in [-0.25, -0.2) is 0 Å². The number of hydrogen-bond acceptors (Lipinski definition) is 0. The van der Waals surface area contributed by atoms with E-state index in [0.717, 1.165) is 8.95 Å². The summed E-state index contributed by atoms with van der Waals surface area (Å²) >= 11 is 5.17. The van der Waals surface area contributed by atoms with Crippen molar-refractivity contribution in [2.24, 2.45) is 0 Å². The van der Waals surface area contributed by atoms with Gasteiger partial charge in [0.05, 0.1) is 0 Å². The van der Waals surface area contributed by atoms with Gasteiger partial charge in [-0.05, 0) is 0 Å². The first-order valence-corrected chi connectivity index (χ1v) is 3.63. The second-order valence-corrected chi connectivity index (χ2v) is 2.61. The predicted molar refractivity (Wildman–Crippen MR) is 59.6 cm³/mol. The zero-order valence-electron chi connectivity index (χ0n) is 3.93. The number of rotatable bonds is 1. The monoisotopic (exact) mass is 489 g/mol. The van der Waals surface area contributed by atoms with Crippen molar-refractivity contribution < 1.29 is 0 Å². The Bertz CT molecular complexity index is 46.5. The van der Waals surface area contributed by atoms with Crippen molar-refractivity contribution in [3.63, 3.8) is 0 Å². The van der Waals surface area contributed by atoms with E-state index in [1.807, 2.05) is 22.3 Å². The van der Waals surface area contributed by atoms with E-state index in [1.54, 1.807) is 0 Å². The molecule has 0 rings (SSSR count). The van der Waals surface area contributed by atoms with Crippen molar-refractivity contribution in [2.75, 3.05) is 0 Å². The second-order valence-electron chi connectivity index (χ2n) is 0.662. The number of allylic oxidation sites excluding steroid dienone is 1. The summed E-state index contributed by atoms with van der Waals surface area (Å²) < 4.78 is 2.11. The molecule has 0 saturated carbocycles. The van der Waals surface area contributed by atoms with Crippen LogP contribution >= 0.6 is 66.9 Å². The van der Waals surface area contributed by atoms with Gasteiger partial charge in [0, 0.05) is 0 Å². The first kappa shape index (κ1) is 22.4. The Morgan fingerprint density at radius 2 is 1.50 bits per heavy atom. The van der Waals surface area contributed by atoms with Gasteiger partial charge in [-0.2, -0.15) is 0 Å². The van der Waals surface area contributed by atoms with Crippen molar-refractivity contribution in [1.82, 2.24) is 0 Å². The fourth-order valence-corrected chi connectivity index (χ4v) is 0. The summed E-state index contributed by atoms with van der Waals surface area (Å²) in [5.74, 6) is 0. The molecule has 5 heteroatoms. The summed E-state index contributed by atoms with van der Waals surface area (Å²) in [6, 6.07) is 0. The van der Waals surface area contributed by atoms with E-state index in [4.69, 9.17) is 0 Å². The Morgan fingerprint density at radius 1 is 1.38 bits per heavy atom. The zero-order chi connectivity index (χ0) is 4.28. The Hall–Kier alpha value is 2.45. The predicted octanol–water partition coefficient (Wildman–Crippen LogP) is 3.22. The molecule has 0 N–H and O–H groups in total. The van der Waals surface area contributed by atoms with Crippen LogP contribution in [0.3, 0.4) is 0 Å². The molecule has 8 heavy (non-hydrogen) atoms. The van der Waals surface area contributed by atoms with E-state index in [-0.39, 0.29) is 50.9 Å². The van der Waals surface area contributed by atoms with E-state index in [0.29, 0.717) is 0 Å². The maximum atomic E-state index is 3.59. The fraction of sp³-hybridized carbons (Fsp3) is 0.333. The molecule has 0 aliphatic heterocycles. The third-order valence-corrected chi connectivity index (χ3v) is 2.59. The summed E-state index contributed by atoms with van der Waals surface area (Å²) in [5.41, 5.74) is 0. The second kappa shape index (κ2) is 16.2. The van der Waals surface area contributed by atoms with Gasteiger partial charge < -0.3 is 0 Å². The van der Waals surface area contributed by atoms with Crippen LogP contribution in [0, 0.1) is 0 Å². The van der Waals surface area contributed by atoms with Gasteiger partial charge >= 0.3 is 53.8 Å². The molecule has 0 aromatic carbocycles. The third kappa shape index (κ3) is 23.7. The Balaban J connectivity index is -0.0000000267. The van der Waals surface area contributed by atoms with Gasteiger partial charge in [-0.3, -0.25) is 0 Å². The summed E-state index contributed by atoms with van der Waals surface area (Å²) in [7, 11) is 0. The van der Waals surface area contributed by atoms with Crippen LogP contribution in [0.4, 0.5) is 0 Å². The molecule has 0 atom stereocenters. The standard InChI is InChI=1S/C3H4BrTe.3BrH/c1-3(4)2-5;;;/h1-2H2;3*1H. The van der Waals surface area contributed by atoms with E-state index in [9.17, 15) is 0 Å². The summed E-state index contributed by atoms with van der Waals surface area (Å²) in [5, 5.41) is 0. The van der Waals surface area contributed by atoms with Gasteiger partial charge in [-0.15, -0.1) is 50.9 Å². The minimum atomic E-state index is 0. The Labute approximate surface area is 103 Å². The first-order valence-electron chi connectivity index (χ1n) is 1.18. The minimum absolute atomic E-state index is 0. The van der Waals surface area contributed by atoms with Crippen LogP contribution in [0.5, 0.6) is 0 Å². The van der Waals surface area contributed by atoms with Crippen molar-refractivity contribution in [1.29, 1.82) is 0 Å². The van der Waals surface area contributed by atoms with Crippen LogP contribution in [0.1, 0.15) is 0 Å². The molecule has 0 bridgehead atoms. The van der Waals surface area contributed by atoms with Crippen LogP contribution in [-0.4, -0.2) is 22.3 Å². The Kier molecular flexibility index (Phi) is 45.5. The van der Waals surface area contributed by atoms with E-state index in [1.165, 1.54) is 0 Å². The van der Waals surface area contributed by atoms with Gasteiger partial charge in [0.2, 0.25) is 0 Å². The van der Waals surface area contributed by atoms with Crippen molar-refractivity contribution >= 4 is 89.2 Å². The van der Waals surface area contributed by atoms with Crippen LogP contribution in [0.2, 0.25) is 4.47 Å². The van der Waals surface area contributed by atoms with Gasteiger partial charge in [0.15, 0.2) is 0 Å². The van der Waals surface area contributed by atoms with Gasteiger partial charge in [0.25, 0.3) is 0 Å². The number of hydrogen-bond donors (Lipinski definition) is 0. The topological polar surface area (TPSA) is 0 Å². The van der Waals surface area contributed by atoms with Crippen molar-refractivity contribution in [3.05, 3.63) is 11.1 Å². The van der Waals surface area contributed by atoms with Gasteiger partial charge in [0.1, 0.15) is 0 Å². The van der Waals surface area contributed by atoms with E-state index in [2.05, 4.69) is 22.5 Å². The van der Waals surface area contributed by atoms with Crippen molar-refractivity contribution in [2.45, 2.75) is 4.47 Å². The van der Waals surface area contributed by atoms with Crippen LogP contribution < -0.4 is 0 Å². The molecule has 0 amide bonds. The number of halogens is 4. The molecule has 0 aromatic heterocycles. The fourth-order valence-electron chi connectivity index (χ4n) is 0.